The van der Waals surface area contributed by atoms with Gasteiger partial charge < -0.3 is 5.73 Å². The van der Waals surface area contributed by atoms with E-state index in [0.717, 1.165) is 12.0 Å². The van der Waals surface area contributed by atoms with Gasteiger partial charge in [0.05, 0.1) is 12.9 Å². The molecule has 0 fully saturated rings. The van der Waals surface area contributed by atoms with Gasteiger partial charge in [-0.15, -0.1) is 0 Å². The van der Waals surface area contributed by atoms with E-state index in [1.165, 1.54) is 0 Å². The van der Waals surface area contributed by atoms with Crippen LogP contribution in [0.1, 0.15) is 18.9 Å². The van der Waals surface area contributed by atoms with Crippen molar-refractivity contribution in [3.8, 4) is 0 Å². The van der Waals surface area contributed by atoms with Crippen molar-refractivity contribution in [1.82, 2.24) is 9.78 Å². The standard InChI is InChI=1S/C9H16FN3/c1-8(11)5-9-6-12-13(7-9)4-2-3-10/h6-8H,2-5,11H2,1H3. The summed E-state index contributed by atoms with van der Waals surface area (Å²) in [7, 11) is 0. The molecule has 0 aliphatic heterocycles. The minimum atomic E-state index is -0.289. The monoisotopic (exact) mass is 185 g/mol. The highest BCUT2D eigenvalue weighted by atomic mass is 19.1. The number of aromatic nitrogens is 2. The van der Waals surface area contributed by atoms with Crippen LogP contribution >= 0.6 is 0 Å². The number of halogens is 1. The van der Waals surface area contributed by atoms with Crippen molar-refractivity contribution in [2.45, 2.75) is 32.4 Å². The summed E-state index contributed by atoms with van der Waals surface area (Å²) in [6.07, 6.45) is 5.08. The zero-order valence-electron chi connectivity index (χ0n) is 7.91. The molecule has 1 aromatic rings. The largest absolute Gasteiger partial charge is 0.328 e. The first-order valence-electron chi connectivity index (χ1n) is 4.55. The molecule has 0 saturated carbocycles. The zero-order chi connectivity index (χ0) is 9.68. The van der Waals surface area contributed by atoms with Crippen molar-refractivity contribution in [1.29, 1.82) is 0 Å². The van der Waals surface area contributed by atoms with Gasteiger partial charge in [0.15, 0.2) is 0 Å². The smallest absolute Gasteiger partial charge is 0.0912 e. The molecule has 13 heavy (non-hydrogen) atoms. The molecule has 2 N–H and O–H groups in total. The molecule has 1 rings (SSSR count). The molecule has 3 nitrogen and oxygen atoms in total. The van der Waals surface area contributed by atoms with E-state index in [9.17, 15) is 4.39 Å². The van der Waals surface area contributed by atoms with E-state index < -0.39 is 0 Å². The summed E-state index contributed by atoms with van der Waals surface area (Å²) in [5, 5.41) is 4.10. The van der Waals surface area contributed by atoms with Crippen LogP contribution in [0.2, 0.25) is 0 Å². The first kappa shape index (κ1) is 10.2. The summed E-state index contributed by atoms with van der Waals surface area (Å²) < 4.78 is 13.6. The maximum Gasteiger partial charge on any atom is 0.0912 e. The summed E-state index contributed by atoms with van der Waals surface area (Å²) in [6.45, 7) is 2.32. The van der Waals surface area contributed by atoms with Gasteiger partial charge in [-0.05, 0) is 25.3 Å². The van der Waals surface area contributed by atoms with Crippen molar-refractivity contribution in [2.75, 3.05) is 6.67 Å². The van der Waals surface area contributed by atoms with Crippen molar-refractivity contribution in [3.63, 3.8) is 0 Å². The summed E-state index contributed by atoms with van der Waals surface area (Å²) in [4.78, 5) is 0. The van der Waals surface area contributed by atoms with Gasteiger partial charge in [-0.25, -0.2) is 0 Å². The van der Waals surface area contributed by atoms with Crippen LogP contribution in [-0.2, 0) is 13.0 Å². The Kier molecular flexibility index (Phi) is 3.89. The van der Waals surface area contributed by atoms with Crippen LogP contribution in [0, 0.1) is 0 Å². The highest BCUT2D eigenvalue weighted by Gasteiger charge is 2.00. The summed E-state index contributed by atoms with van der Waals surface area (Å²) in [6, 6.07) is 0.152. The highest BCUT2D eigenvalue weighted by molar-refractivity contribution is 5.05. The van der Waals surface area contributed by atoms with Gasteiger partial charge in [0.2, 0.25) is 0 Å². The first-order valence-corrected chi connectivity index (χ1v) is 4.55. The van der Waals surface area contributed by atoms with E-state index in [1.54, 1.807) is 10.9 Å². The first-order chi connectivity index (χ1) is 6.22. The average molecular weight is 185 g/mol. The van der Waals surface area contributed by atoms with Gasteiger partial charge in [0.1, 0.15) is 0 Å². The second kappa shape index (κ2) is 4.97. The molecule has 74 valence electrons. The fraction of sp³-hybridized carbons (Fsp3) is 0.667. The molecule has 0 saturated heterocycles. The molecule has 0 amide bonds. The maximum atomic E-state index is 11.8. The summed E-state index contributed by atoms with van der Waals surface area (Å²) >= 11 is 0. The number of rotatable bonds is 5. The van der Waals surface area contributed by atoms with Gasteiger partial charge in [0, 0.05) is 18.8 Å². The van der Waals surface area contributed by atoms with E-state index in [0.29, 0.717) is 13.0 Å². The highest BCUT2D eigenvalue weighted by Crippen LogP contribution is 2.01. The van der Waals surface area contributed by atoms with Gasteiger partial charge in [-0.1, -0.05) is 0 Å². The van der Waals surface area contributed by atoms with E-state index >= 15 is 0 Å². The van der Waals surface area contributed by atoms with Crippen LogP contribution in [-0.4, -0.2) is 22.5 Å². The molecule has 0 aliphatic carbocycles. The Hall–Kier alpha value is -0.900. The number of nitrogens with zero attached hydrogens (tertiary/aromatic N) is 2. The minimum absolute atomic E-state index is 0.152. The van der Waals surface area contributed by atoms with Crippen LogP contribution in [0.3, 0.4) is 0 Å². The third-order valence-corrected chi connectivity index (χ3v) is 1.77. The van der Waals surface area contributed by atoms with E-state index in [-0.39, 0.29) is 12.7 Å². The molecule has 1 unspecified atom stereocenters. The van der Waals surface area contributed by atoms with Gasteiger partial charge in [0.25, 0.3) is 0 Å². The number of hydrogen-bond donors (Lipinski definition) is 1. The van der Waals surface area contributed by atoms with E-state index in [1.807, 2.05) is 13.1 Å². The molecular weight excluding hydrogens is 169 g/mol. The molecule has 1 heterocycles. The third kappa shape index (κ3) is 3.55. The Balaban J connectivity index is 2.44. The number of alkyl halides is 1. The second-order valence-corrected chi connectivity index (χ2v) is 3.34. The lowest BCUT2D eigenvalue weighted by atomic mass is 10.1. The van der Waals surface area contributed by atoms with Gasteiger partial charge >= 0.3 is 0 Å². The Labute approximate surface area is 77.7 Å². The molecular formula is C9H16FN3. The molecule has 0 aliphatic rings. The molecule has 0 spiro atoms. The van der Waals surface area contributed by atoms with Gasteiger partial charge in [-0.2, -0.15) is 5.10 Å². The van der Waals surface area contributed by atoms with Crippen LogP contribution in [0.25, 0.3) is 0 Å². The van der Waals surface area contributed by atoms with Gasteiger partial charge in [-0.3, -0.25) is 9.07 Å². The second-order valence-electron chi connectivity index (χ2n) is 3.34. The Morgan fingerprint density at radius 3 is 3.08 bits per heavy atom. The molecule has 4 heteroatoms. The average Bonchev–Trinajstić information content (AvgIpc) is 2.48. The van der Waals surface area contributed by atoms with Crippen LogP contribution < -0.4 is 5.73 Å². The summed E-state index contributed by atoms with van der Waals surface area (Å²) in [5.74, 6) is 0. The van der Waals surface area contributed by atoms with Crippen molar-refractivity contribution >= 4 is 0 Å². The normalized spacial score (nSPS) is 13.2. The number of aryl methyl sites for hydroxylation is 1. The zero-order valence-corrected chi connectivity index (χ0v) is 7.91. The molecule has 0 radical (unpaired) electrons. The fourth-order valence-corrected chi connectivity index (χ4v) is 1.23. The predicted octanol–water partition coefficient (Wildman–Crippen LogP) is 1.13. The molecule has 0 bridgehead atoms. The van der Waals surface area contributed by atoms with Crippen LogP contribution in [0.4, 0.5) is 4.39 Å². The van der Waals surface area contributed by atoms with E-state index in [2.05, 4.69) is 5.10 Å². The quantitative estimate of drug-likeness (QED) is 0.747. The topological polar surface area (TPSA) is 43.8 Å². The Morgan fingerprint density at radius 1 is 1.69 bits per heavy atom. The van der Waals surface area contributed by atoms with Crippen LogP contribution in [0.5, 0.6) is 0 Å². The summed E-state index contributed by atoms with van der Waals surface area (Å²) in [5.41, 5.74) is 6.76. The maximum absolute atomic E-state index is 11.8. The predicted molar refractivity (Wildman–Crippen MR) is 50.2 cm³/mol. The third-order valence-electron chi connectivity index (χ3n) is 1.77. The minimum Gasteiger partial charge on any atom is -0.328 e. The van der Waals surface area contributed by atoms with Crippen molar-refractivity contribution in [3.05, 3.63) is 18.0 Å². The Bertz CT molecular complexity index is 245. The SMILES string of the molecule is CC(N)Cc1cnn(CCCF)c1. The molecule has 0 aromatic carbocycles. The number of nitrogens with two attached hydrogens (primary N) is 1. The lowest BCUT2D eigenvalue weighted by molar-refractivity contribution is 0.434. The molecule has 1 aromatic heterocycles. The molecule has 1 atom stereocenters. The van der Waals surface area contributed by atoms with Crippen molar-refractivity contribution in [2.24, 2.45) is 5.73 Å². The Morgan fingerprint density at radius 2 is 2.46 bits per heavy atom. The lowest BCUT2D eigenvalue weighted by Crippen LogP contribution is -2.17. The fourth-order valence-electron chi connectivity index (χ4n) is 1.23. The van der Waals surface area contributed by atoms with Crippen LogP contribution in [0.15, 0.2) is 12.4 Å². The lowest BCUT2D eigenvalue weighted by Gasteiger charge is -2.00. The number of hydrogen-bond acceptors (Lipinski definition) is 2. The van der Waals surface area contributed by atoms with Crippen molar-refractivity contribution < 1.29 is 4.39 Å². The van der Waals surface area contributed by atoms with E-state index in [4.69, 9.17) is 5.73 Å².